The Bertz CT molecular complexity index is 1080. The van der Waals surface area contributed by atoms with E-state index in [0.717, 1.165) is 5.56 Å². The van der Waals surface area contributed by atoms with Gasteiger partial charge in [-0.05, 0) is 36.8 Å². The van der Waals surface area contributed by atoms with Crippen molar-refractivity contribution in [1.82, 2.24) is 19.4 Å². The van der Waals surface area contributed by atoms with Crippen LogP contribution in [0.1, 0.15) is 33.2 Å². The molecule has 0 fully saturated rings. The largest absolute Gasteiger partial charge is 0.345 e. The van der Waals surface area contributed by atoms with Crippen LogP contribution in [0, 0.1) is 0 Å². The number of H-pyrrole nitrogens is 1. The van der Waals surface area contributed by atoms with Crippen molar-refractivity contribution in [2.45, 2.75) is 13.5 Å². The molecular formula is C21H24N4O3. The van der Waals surface area contributed by atoms with Crippen molar-refractivity contribution >= 4 is 22.8 Å². The molecule has 1 N–H and O–H groups in total. The Morgan fingerprint density at radius 3 is 2.32 bits per heavy atom. The summed E-state index contributed by atoms with van der Waals surface area (Å²) in [4.78, 5) is 43.1. The highest BCUT2D eigenvalue weighted by molar-refractivity contribution is 6.04. The zero-order chi connectivity index (χ0) is 20.4. The summed E-state index contributed by atoms with van der Waals surface area (Å²) in [5.41, 5.74) is 2.99. The standard InChI is InChI=1S/C21H24N4O3/c1-5-25(13-14-9-11-15(12-10-14)19(26)23(2)3)20(27)16-7-6-8-17-18(16)22-21(28)24(17)4/h6-12H,5,13H2,1-4H3,(H,22,28). The molecule has 0 spiro atoms. The number of para-hydroxylation sites is 1. The van der Waals surface area contributed by atoms with E-state index < -0.39 is 0 Å². The first-order valence-corrected chi connectivity index (χ1v) is 9.11. The highest BCUT2D eigenvalue weighted by Gasteiger charge is 2.19. The predicted octanol–water partition coefficient (Wildman–Crippen LogP) is 2.23. The van der Waals surface area contributed by atoms with E-state index in [0.29, 0.717) is 35.2 Å². The monoisotopic (exact) mass is 380 g/mol. The van der Waals surface area contributed by atoms with Gasteiger partial charge in [0.05, 0.1) is 16.6 Å². The summed E-state index contributed by atoms with van der Waals surface area (Å²) in [6.07, 6.45) is 0. The minimum absolute atomic E-state index is 0.0605. The van der Waals surface area contributed by atoms with Crippen molar-refractivity contribution in [2.24, 2.45) is 7.05 Å². The molecule has 3 rings (SSSR count). The van der Waals surface area contributed by atoms with Crippen LogP contribution in [0.15, 0.2) is 47.3 Å². The lowest BCUT2D eigenvalue weighted by Crippen LogP contribution is -2.30. The van der Waals surface area contributed by atoms with E-state index in [1.807, 2.05) is 19.1 Å². The molecule has 0 saturated heterocycles. The molecule has 0 aliphatic rings. The van der Waals surface area contributed by atoms with E-state index in [2.05, 4.69) is 4.98 Å². The van der Waals surface area contributed by atoms with Crippen LogP contribution in [0.4, 0.5) is 0 Å². The van der Waals surface area contributed by atoms with Gasteiger partial charge in [-0.15, -0.1) is 0 Å². The molecule has 0 aliphatic carbocycles. The minimum atomic E-state index is -0.251. The topological polar surface area (TPSA) is 78.4 Å². The number of carbonyl (C=O) groups excluding carboxylic acids is 2. The first-order chi connectivity index (χ1) is 13.3. The van der Waals surface area contributed by atoms with E-state index in [1.165, 1.54) is 9.47 Å². The molecule has 0 aliphatic heterocycles. The van der Waals surface area contributed by atoms with Crippen molar-refractivity contribution < 1.29 is 9.59 Å². The number of carbonyl (C=O) groups is 2. The maximum atomic E-state index is 13.1. The quantitative estimate of drug-likeness (QED) is 0.737. The van der Waals surface area contributed by atoms with Crippen molar-refractivity contribution in [3.05, 3.63) is 69.6 Å². The second-order valence-corrected chi connectivity index (χ2v) is 6.90. The number of hydrogen-bond acceptors (Lipinski definition) is 3. The molecule has 2 amide bonds. The third-order valence-corrected chi connectivity index (χ3v) is 4.82. The van der Waals surface area contributed by atoms with Crippen LogP contribution in [-0.4, -0.2) is 51.8 Å². The van der Waals surface area contributed by atoms with Crippen molar-refractivity contribution in [1.29, 1.82) is 0 Å². The number of rotatable bonds is 5. The third kappa shape index (κ3) is 3.55. The third-order valence-electron chi connectivity index (χ3n) is 4.82. The predicted molar refractivity (Wildman–Crippen MR) is 108 cm³/mol. The van der Waals surface area contributed by atoms with Gasteiger partial charge in [0.15, 0.2) is 0 Å². The van der Waals surface area contributed by atoms with E-state index >= 15 is 0 Å². The molecule has 0 bridgehead atoms. The number of imidazole rings is 1. The number of nitrogens with one attached hydrogen (secondary N) is 1. The summed E-state index contributed by atoms with van der Waals surface area (Å²) in [6, 6.07) is 12.6. The molecule has 0 atom stereocenters. The highest BCUT2D eigenvalue weighted by atomic mass is 16.2. The molecule has 7 heteroatoms. The molecule has 0 saturated carbocycles. The second-order valence-electron chi connectivity index (χ2n) is 6.90. The molecule has 3 aromatic rings. The summed E-state index contributed by atoms with van der Waals surface area (Å²) >= 11 is 0. The van der Waals surface area contributed by atoms with Gasteiger partial charge in [-0.3, -0.25) is 14.2 Å². The Balaban J connectivity index is 1.86. The molecule has 0 unspecified atom stereocenters. The van der Waals surface area contributed by atoms with Gasteiger partial charge in [0, 0.05) is 39.8 Å². The number of nitrogens with zero attached hydrogens (tertiary/aromatic N) is 3. The van der Waals surface area contributed by atoms with Crippen LogP contribution >= 0.6 is 0 Å². The fourth-order valence-corrected chi connectivity index (χ4v) is 3.16. The van der Waals surface area contributed by atoms with Gasteiger partial charge in [0.25, 0.3) is 11.8 Å². The second kappa shape index (κ2) is 7.72. The molecular weight excluding hydrogens is 356 g/mol. The number of aromatic amines is 1. The zero-order valence-corrected chi connectivity index (χ0v) is 16.5. The molecule has 2 aromatic carbocycles. The summed E-state index contributed by atoms with van der Waals surface area (Å²) in [5, 5.41) is 0. The van der Waals surface area contributed by atoms with E-state index in [1.54, 1.807) is 56.4 Å². The van der Waals surface area contributed by atoms with Crippen LogP contribution in [-0.2, 0) is 13.6 Å². The lowest BCUT2D eigenvalue weighted by atomic mass is 10.1. The Morgan fingerprint density at radius 2 is 1.71 bits per heavy atom. The van der Waals surface area contributed by atoms with Gasteiger partial charge in [0.1, 0.15) is 0 Å². The lowest BCUT2D eigenvalue weighted by Gasteiger charge is -2.21. The summed E-state index contributed by atoms with van der Waals surface area (Å²) < 4.78 is 1.49. The van der Waals surface area contributed by atoms with Gasteiger partial charge >= 0.3 is 5.69 Å². The van der Waals surface area contributed by atoms with E-state index in [4.69, 9.17) is 0 Å². The Hall–Kier alpha value is -3.35. The minimum Gasteiger partial charge on any atom is -0.345 e. The molecule has 28 heavy (non-hydrogen) atoms. The Labute approximate surface area is 163 Å². The average molecular weight is 380 g/mol. The van der Waals surface area contributed by atoms with Crippen molar-refractivity contribution in [2.75, 3.05) is 20.6 Å². The highest BCUT2D eigenvalue weighted by Crippen LogP contribution is 2.18. The number of benzene rings is 2. The average Bonchev–Trinajstić information content (AvgIpc) is 2.99. The molecule has 1 heterocycles. The first-order valence-electron chi connectivity index (χ1n) is 9.11. The molecule has 146 valence electrons. The fraction of sp³-hybridized carbons (Fsp3) is 0.286. The SMILES string of the molecule is CCN(Cc1ccc(C(=O)N(C)C)cc1)C(=O)c1cccc2c1[nH]c(=O)n2C. The van der Waals surface area contributed by atoms with Gasteiger partial charge in [-0.2, -0.15) is 0 Å². The van der Waals surface area contributed by atoms with Crippen LogP contribution in [0.25, 0.3) is 11.0 Å². The fourth-order valence-electron chi connectivity index (χ4n) is 3.16. The lowest BCUT2D eigenvalue weighted by molar-refractivity contribution is 0.0753. The normalized spacial score (nSPS) is 10.9. The molecule has 0 radical (unpaired) electrons. The summed E-state index contributed by atoms with van der Waals surface area (Å²) in [7, 11) is 5.09. The summed E-state index contributed by atoms with van der Waals surface area (Å²) in [5.74, 6) is -0.210. The number of hydrogen-bond donors (Lipinski definition) is 1. The van der Waals surface area contributed by atoms with Crippen molar-refractivity contribution in [3.8, 4) is 0 Å². The van der Waals surface area contributed by atoms with E-state index in [-0.39, 0.29) is 17.5 Å². The van der Waals surface area contributed by atoms with Gasteiger partial charge in [-0.25, -0.2) is 4.79 Å². The Morgan fingerprint density at radius 1 is 1.04 bits per heavy atom. The number of amides is 2. The number of fused-ring (bicyclic) bond motifs is 1. The first kappa shape index (κ1) is 19.4. The van der Waals surface area contributed by atoms with E-state index in [9.17, 15) is 14.4 Å². The van der Waals surface area contributed by atoms with Crippen LogP contribution in [0.2, 0.25) is 0 Å². The van der Waals surface area contributed by atoms with Crippen LogP contribution < -0.4 is 5.69 Å². The zero-order valence-electron chi connectivity index (χ0n) is 16.5. The van der Waals surface area contributed by atoms with Gasteiger partial charge in [0.2, 0.25) is 0 Å². The molecule has 1 aromatic heterocycles. The Kier molecular flexibility index (Phi) is 5.35. The summed E-state index contributed by atoms with van der Waals surface area (Å²) in [6.45, 7) is 2.85. The maximum Gasteiger partial charge on any atom is 0.326 e. The van der Waals surface area contributed by atoms with Gasteiger partial charge < -0.3 is 14.8 Å². The van der Waals surface area contributed by atoms with Gasteiger partial charge in [-0.1, -0.05) is 18.2 Å². The maximum absolute atomic E-state index is 13.1. The van der Waals surface area contributed by atoms with Crippen molar-refractivity contribution in [3.63, 3.8) is 0 Å². The van der Waals surface area contributed by atoms with Crippen LogP contribution in [0.3, 0.4) is 0 Å². The smallest absolute Gasteiger partial charge is 0.326 e. The number of aryl methyl sites for hydroxylation is 1. The molecule has 7 nitrogen and oxygen atoms in total. The number of aromatic nitrogens is 2. The van der Waals surface area contributed by atoms with Crippen LogP contribution in [0.5, 0.6) is 0 Å².